The van der Waals surface area contributed by atoms with Crippen molar-refractivity contribution in [1.29, 1.82) is 0 Å². The van der Waals surface area contributed by atoms with Gasteiger partial charge in [0.1, 0.15) is 0 Å². The minimum atomic E-state index is -0.322. The Labute approximate surface area is 905 Å². The van der Waals surface area contributed by atoms with E-state index in [9.17, 15) is 0 Å². The van der Waals surface area contributed by atoms with Crippen molar-refractivity contribution < 1.29 is 77.9 Å². The van der Waals surface area contributed by atoms with Crippen LogP contribution in [0.1, 0.15) is 56.4 Å². The predicted octanol–water partition coefficient (Wildman–Crippen LogP) is 27.8. The summed E-state index contributed by atoms with van der Waals surface area (Å²) in [6.45, 7) is 14.3. The van der Waals surface area contributed by atoms with Gasteiger partial charge in [0.2, 0.25) is 0 Å². The van der Waals surface area contributed by atoms with E-state index in [0.29, 0.717) is 0 Å². The average Bonchev–Trinajstić information content (AvgIpc) is 1.51. The minimum Gasteiger partial charge on any atom is -0.504 e. The van der Waals surface area contributed by atoms with Crippen LogP contribution < -0.4 is 9.80 Å². The van der Waals surface area contributed by atoms with Crippen molar-refractivity contribution in [3.05, 3.63) is 580 Å². The van der Waals surface area contributed by atoms with Crippen LogP contribution in [0.2, 0.25) is 0 Å². The number of fused-ring (bicyclic) bond motifs is 11. The van der Waals surface area contributed by atoms with Crippen molar-refractivity contribution in [2.45, 2.75) is 47.0 Å². The number of rotatable bonds is 12. The SMILES string of the molecule is CN1[CH-]N(c2[c-]cc(-c3ccc4c(c3)C3(c5ccccc5-c5ccccc53)c3ccccc3-4)cc2)c2ccccc21.Cc1cc(C)n(-c2[c-]cc(-c3ccccc3)cc2)n1.Cc1cc(C)n(-c2[c-]cccc2)n1.Cc1cc(C)n(-c2[c-]cccc2)n1.[Rh+2].[Rh+2].[Rh+2].[Rh+3].[c-]1cc(-c2ccccc2)ccc1-n1cccn1.[c-]1cc(-c2ccccc2)ccc1-n1cccn1.[c-]1ccccc1-n1cccn1.[c-]1ccccc1-n1cccn1. The maximum Gasteiger partial charge on any atom is 3.00 e. The van der Waals surface area contributed by atoms with Crippen molar-refractivity contribution in [2.24, 2.45) is 0 Å². The van der Waals surface area contributed by atoms with Gasteiger partial charge in [-0.25, -0.2) is 0 Å². The van der Waals surface area contributed by atoms with E-state index in [-0.39, 0.29) is 83.3 Å². The van der Waals surface area contributed by atoms with Gasteiger partial charge in [-0.3, -0.25) is 32.8 Å². The summed E-state index contributed by atoms with van der Waals surface area (Å²) in [5.41, 5.74) is 36.7. The summed E-state index contributed by atoms with van der Waals surface area (Å²) in [5.74, 6) is 0. The molecule has 2 aliphatic carbocycles. The molecule has 3 aliphatic rings. The summed E-state index contributed by atoms with van der Waals surface area (Å²) in [6.07, 6.45) is 14.6. The maximum absolute atomic E-state index is 4.47. The molecule has 1 aliphatic heterocycles. The molecule has 7 aromatic heterocycles. The van der Waals surface area contributed by atoms with E-state index in [1.807, 2.05) is 280 Å². The topological polar surface area (TPSA) is 131 Å². The van der Waals surface area contributed by atoms with Crippen LogP contribution in [0.4, 0.5) is 17.1 Å². The zero-order chi connectivity index (χ0) is 96.9. The smallest absolute Gasteiger partial charge is 0.504 e. The number of para-hydroxylation sites is 6. The fourth-order valence-electron chi connectivity index (χ4n) is 17.9. The van der Waals surface area contributed by atoms with E-state index < -0.39 is 0 Å². The first-order valence-electron chi connectivity index (χ1n) is 46.9. The quantitative estimate of drug-likeness (QED) is 0.0866. The Hall–Kier alpha value is -15.9. The summed E-state index contributed by atoms with van der Waals surface area (Å²) in [7, 11) is 2.09. The molecule has 16 aromatic carbocycles. The maximum atomic E-state index is 4.47. The Bertz CT molecular complexity index is 7630. The van der Waals surface area contributed by atoms with Gasteiger partial charge in [-0.2, -0.15) is 212 Å². The molecular weight excluding hydrogens is 2150 g/mol. The third-order valence-electron chi connectivity index (χ3n) is 24.4. The van der Waals surface area contributed by atoms with Crippen LogP contribution in [0.5, 0.6) is 0 Å². The molecular formula is C126H99N16Rh4. The van der Waals surface area contributed by atoms with Gasteiger partial charge >= 0.3 is 77.9 Å². The van der Waals surface area contributed by atoms with Crippen LogP contribution in [0, 0.1) is 96.7 Å². The second-order valence-electron chi connectivity index (χ2n) is 34.0. The second kappa shape index (κ2) is 49.9. The molecule has 0 atom stereocenters. The molecule has 16 nitrogen and oxygen atoms in total. The third kappa shape index (κ3) is 24.1. The van der Waals surface area contributed by atoms with Crippen LogP contribution >= 0.6 is 0 Å². The average molecular weight is 2250 g/mol. The molecule has 0 fully saturated rings. The Kier molecular flexibility index (Phi) is 35.7. The van der Waals surface area contributed by atoms with Crippen molar-refractivity contribution in [3.8, 4) is 107 Å². The molecule has 23 aromatic rings. The first-order chi connectivity index (χ1) is 69.8. The molecule has 0 bridgehead atoms. The first-order valence-corrected chi connectivity index (χ1v) is 46.9. The molecule has 719 valence electrons. The zero-order valence-corrected chi connectivity index (χ0v) is 87.6. The van der Waals surface area contributed by atoms with Gasteiger partial charge in [0, 0.05) is 78.0 Å². The van der Waals surface area contributed by atoms with Crippen LogP contribution in [-0.2, 0) is 83.3 Å². The minimum absolute atomic E-state index is 0. The van der Waals surface area contributed by atoms with E-state index in [4.69, 9.17) is 0 Å². The second-order valence-corrected chi connectivity index (χ2v) is 34.0. The van der Waals surface area contributed by atoms with Crippen molar-refractivity contribution in [3.63, 3.8) is 0 Å². The molecule has 0 N–H and O–H groups in total. The number of anilines is 3. The van der Waals surface area contributed by atoms with Gasteiger partial charge in [0.05, 0.1) is 22.5 Å². The molecule has 0 unspecified atom stereocenters. The number of hydrogen-bond acceptors (Lipinski definition) is 9. The normalized spacial score (nSPS) is 11.3. The predicted molar refractivity (Wildman–Crippen MR) is 570 cm³/mol. The summed E-state index contributed by atoms with van der Waals surface area (Å²) in [4.78, 5) is 4.37. The van der Waals surface area contributed by atoms with Gasteiger partial charge < -0.3 is 9.80 Å². The molecule has 0 saturated heterocycles. The van der Waals surface area contributed by atoms with Crippen molar-refractivity contribution in [1.82, 2.24) is 68.5 Å². The standard InChI is InChI=1S/C39H26N2.C17H15N2.2C15H11N2.2C11H11N2.2C9H7N2.4Rh/c1-40-25-41(38-17-9-8-16-37(38)40)28-21-18-26(19-22-28)27-20-23-32-31-12-4-7-15-35(31)39(36(32)24-27)33-13-5-2-10-29(33)30-11-3-6-14-34(30)39;1-13-12-14(2)19(18-13)17-10-8-16(9-11-17)15-6-4-3-5-7-15;2*1-2-5-13(6-3-1)14-7-9-15(10-8-14)17-12-4-11-16-17;2*1-9-8-10(2)13(12-9)11-6-4-3-5-7-11;2*1-2-5-9(6-3-1)11-8-4-7-10-11;;;;/h2-21,23-25H,1H3;3-10,12H,1-2H3;2*1-9,11-12H;2*3-6,8H,1-2H3;2*1-5,7-8H;;;;/q-2;7*-1;3*+2;+3. The number of aryl methyl sites for hydroxylation is 6. The molecule has 26 rings (SSSR count). The van der Waals surface area contributed by atoms with Gasteiger partial charge in [-0.15, -0.1) is 76.5 Å². The Balaban J connectivity index is 0.000000131. The Morgan fingerprint density at radius 2 is 0.521 bits per heavy atom. The molecule has 1 spiro atoms. The van der Waals surface area contributed by atoms with Gasteiger partial charge in [0.15, 0.2) is 0 Å². The monoisotopic (exact) mass is 2250 g/mol. The van der Waals surface area contributed by atoms with Gasteiger partial charge in [-0.05, 0) is 188 Å². The summed E-state index contributed by atoms with van der Waals surface area (Å²) in [5, 5.41) is 29.7. The summed E-state index contributed by atoms with van der Waals surface area (Å²) < 4.78 is 12.9. The molecule has 0 amide bonds. The molecule has 3 radical (unpaired) electrons. The number of benzene rings is 16. The van der Waals surface area contributed by atoms with E-state index in [1.165, 1.54) is 100 Å². The Morgan fingerprint density at radius 1 is 0.240 bits per heavy atom. The Morgan fingerprint density at radius 3 is 0.836 bits per heavy atom. The zero-order valence-electron chi connectivity index (χ0n) is 81.0. The molecule has 20 heteroatoms. The van der Waals surface area contributed by atoms with Crippen LogP contribution in [0.15, 0.2) is 468 Å². The number of aromatic nitrogens is 14. The largest absolute Gasteiger partial charge is 3.00 e. The van der Waals surface area contributed by atoms with Crippen LogP contribution in [-0.4, -0.2) is 75.5 Å². The molecule has 0 saturated carbocycles. The van der Waals surface area contributed by atoms with Gasteiger partial charge in [-0.1, -0.05) is 216 Å². The molecule has 146 heavy (non-hydrogen) atoms. The first kappa shape index (κ1) is 104. The number of hydrogen-bond donors (Lipinski definition) is 0. The summed E-state index contributed by atoms with van der Waals surface area (Å²) >= 11 is 0. The van der Waals surface area contributed by atoms with E-state index in [2.05, 4.69) is 327 Å². The van der Waals surface area contributed by atoms with Crippen LogP contribution in [0.25, 0.3) is 107 Å². The summed E-state index contributed by atoms with van der Waals surface area (Å²) in [6, 6.07) is 169. The van der Waals surface area contributed by atoms with E-state index >= 15 is 0 Å². The van der Waals surface area contributed by atoms with Crippen molar-refractivity contribution >= 4 is 17.1 Å². The van der Waals surface area contributed by atoms with E-state index in [1.54, 1.807) is 43.5 Å². The number of nitrogens with zero attached hydrogens (tertiary/aromatic N) is 16. The fourth-order valence-corrected chi connectivity index (χ4v) is 17.9. The van der Waals surface area contributed by atoms with E-state index in [0.717, 1.165) is 79.7 Å². The van der Waals surface area contributed by atoms with Crippen LogP contribution in [0.3, 0.4) is 0 Å². The molecule has 8 heterocycles. The van der Waals surface area contributed by atoms with Gasteiger partial charge in [0.25, 0.3) is 0 Å². The van der Waals surface area contributed by atoms with Crippen molar-refractivity contribution in [2.75, 3.05) is 16.8 Å². The third-order valence-corrected chi connectivity index (χ3v) is 24.4. The fraction of sp³-hybridized carbons (Fsp3) is 0.0635.